The Morgan fingerprint density at radius 3 is 2.48 bits per heavy atom. The molecular formula is C21H20F2N2O5S. The van der Waals surface area contributed by atoms with Crippen LogP contribution in [-0.2, 0) is 27.8 Å². The first kappa shape index (κ1) is 20.2. The van der Waals surface area contributed by atoms with Crippen molar-refractivity contribution < 1.29 is 31.5 Å². The maximum Gasteiger partial charge on any atom is 0.414 e. The Hall–Kier alpha value is -2.72. The SMILES string of the molecule is O=C1OCc2cc(F)c(F)cc2N1C1CCN(S(=O)(=O)c2ccc3c(c2)CCO3)CC1. The van der Waals surface area contributed by atoms with Crippen LogP contribution in [0.4, 0.5) is 19.3 Å². The fourth-order valence-electron chi connectivity index (χ4n) is 4.38. The van der Waals surface area contributed by atoms with Gasteiger partial charge in [0, 0.05) is 37.2 Å². The molecule has 31 heavy (non-hydrogen) atoms. The molecule has 7 nitrogen and oxygen atoms in total. The molecule has 0 aromatic heterocycles. The van der Waals surface area contributed by atoms with Gasteiger partial charge in [0.1, 0.15) is 12.4 Å². The minimum atomic E-state index is -3.69. The van der Waals surface area contributed by atoms with E-state index in [1.165, 1.54) is 9.21 Å². The van der Waals surface area contributed by atoms with Gasteiger partial charge in [0.2, 0.25) is 10.0 Å². The Morgan fingerprint density at radius 1 is 0.968 bits per heavy atom. The molecule has 0 aliphatic carbocycles. The lowest BCUT2D eigenvalue weighted by atomic mass is 10.0. The number of ether oxygens (including phenoxy) is 2. The average Bonchev–Trinajstić information content (AvgIpc) is 3.23. The number of cyclic esters (lactones) is 1. The number of nitrogens with zero attached hydrogens (tertiary/aromatic N) is 2. The molecule has 0 spiro atoms. The van der Waals surface area contributed by atoms with Crippen molar-refractivity contribution in [3.63, 3.8) is 0 Å². The van der Waals surface area contributed by atoms with Crippen molar-refractivity contribution >= 4 is 21.8 Å². The summed E-state index contributed by atoms with van der Waals surface area (Å²) in [6.45, 7) is 0.812. The Kier molecular flexibility index (Phi) is 4.86. The summed E-state index contributed by atoms with van der Waals surface area (Å²) in [4.78, 5) is 13.9. The quantitative estimate of drug-likeness (QED) is 0.718. The van der Waals surface area contributed by atoms with Gasteiger partial charge in [0.05, 0.1) is 17.2 Å². The van der Waals surface area contributed by atoms with E-state index in [-0.39, 0.29) is 36.3 Å². The first-order valence-corrected chi connectivity index (χ1v) is 11.5. The standard InChI is InChI=1S/C21H20F2N2O5S/c22-17-10-14-12-30-21(26)25(19(14)11-18(17)23)15-3-6-24(7-4-15)31(27,28)16-1-2-20-13(9-16)5-8-29-20/h1-2,9-11,15H,3-8,12H2. The number of benzene rings is 2. The molecule has 0 N–H and O–H groups in total. The summed E-state index contributed by atoms with van der Waals surface area (Å²) in [6.07, 6.45) is 0.731. The van der Waals surface area contributed by atoms with Crippen molar-refractivity contribution in [3.8, 4) is 5.75 Å². The highest BCUT2D eigenvalue weighted by molar-refractivity contribution is 7.89. The number of fused-ring (bicyclic) bond motifs is 2. The highest BCUT2D eigenvalue weighted by Crippen LogP contribution is 2.35. The van der Waals surface area contributed by atoms with Crippen molar-refractivity contribution in [2.45, 2.75) is 36.8 Å². The molecule has 0 atom stereocenters. The normalized spacial score (nSPS) is 19.5. The van der Waals surface area contributed by atoms with Gasteiger partial charge in [-0.3, -0.25) is 4.90 Å². The van der Waals surface area contributed by atoms with Crippen molar-refractivity contribution in [2.24, 2.45) is 0 Å². The molecular weight excluding hydrogens is 430 g/mol. The molecule has 3 aliphatic rings. The highest BCUT2D eigenvalue weighted by Gasteiger charge is 2.38. The summed E-state index contributed by atoms with van der Waals surface area (Å²) in [6, 6.07) is 6.52. The van der Waals surface area contributed by atoms with Crippen LogP contribution in [0.25, 0.3) is 0 Å². The average molecular weight is 450 g/mol. The molecule has 164 valence electrons. The predicted octanol–water partition coefficient (Wildman–Crippen LogP) is 3.21. The van der Waals surface area contributed by atoms with Crippen molar-refractivity contribution in [2.75, 3.05) is 24.6 Å². The van der Waals surface area contributed by atoms with Gasteiger partial charge in [-0.25, -0.2) is 22.0 Å². The van der Waals surface area contributed by atoms with Gasteiger partial charge in [-0.05, 0) is 42.7 Å². The van der Waals surface area contributed by atoms with Gasteiger partial charge in [-0.2, -0.15) is 4.31 Å². The summed E-state index contributed by atoms with van der Waals surface area (Å²) in [7, 11) is -3.69. The van der Waals surface area contributed by atoms with E-state index in [1.807, 2.05) is 0 Å². The monoisotopic (exact) mass is 450 g/mol. The zero-order valence-electron chi connectivity index (χ0n) is 16.5. The number of hydrogen-bond acceptors (Lipinski definition) is 5. The van der Waals surface area contributed by atoms with Gasteiger partial charge in [-0.1, -0.05) is 0 Å². The minimum Gasteiger partial charge on any atom is -0.493 e. The van der Waals surface area contributed by atoms with Crippen molar-refractivity contribution in [1.82, 2.24) is 4.31 Å². The number of anilines is 1. The van der Waals surface area contributed by atoms with E-state index in [1.54, 1.807) is 18.2 Å². The molecule has 3 heterocycles. The lowest BCUT2D eigenvalue weighted by molar-refractivity contribution is 0.135. The molecule has 5 rings (SSSR count). The van der Waals surface area contributed by atoms with Crippen LogP contribution in [0.2, 0.25) is 0 Å². The Morgan fingerprint density at radius 2 is 1.71 bits per heavy atom. The van der Waals surface area contributed by atoms with Crippen LogP contribution in [0.1, 0.15) is 24.0 Å². The molecule has 0 radical (unpaired) electrons. The minimum absolute atomic E-state index is 0.128. The topological polar surface area (TPSA) is 76.2 Å². The maximum atomic E-state index is 13.8. The fourth-order valence-corrected chi connectivity index (χ4v) is 5.90. The van der Waals surface area contributed by atoms with Gasteiger partial charge in [-0.15, -0.1) is 0 Å². The number of piperidine rings is 1. The molecule has 1 fully saturated rings. The molecule has 1 amide bonds. The zero-order valence-corrected chi connectivity index (χ0v) is 17.3. The molecule has 0 bridgehead atoms. The van der Waals surface area contributed by atoms with Crippen LogP contribution in [0.15, 0.2) is 35.2 Å². The van der Waals surface area contributed by atoms with Crippen molar-refractivity contribution in [3.05, 3.63) is 53.1 Å². The van der Waals surface area contributed by atoms with E-state index in [2.05, 4.69) is 0 Å². The molecule has 3 aliphatic heterocycles. The van der Waals surface area contributed by atoms with E-state index >= 15 is 0 Å². The number of carbonyl (C=O) groups is 1. The molecule has 2 aromatic carbocycles. The lowest BCUT2D eigenvalue weighted by Crippen LogP contribution is -2.50. The number of sulfonamides is 1. The number of hydrogen-bond donors (Lipinski definition) is 0. The van der Waals surface area contributed by atoms with Gasteiger partial charge in [0.25, 0.3) is 0 Å². The lowest BCUT2D eigenvalue weighted by Gasteiger charge is -2.39. The first-order chi connectivity index (χ1) is 14.8. The van der Waals surface area contributed by atoms with Gasteiger partial charge >= 0.3 is 6.09 Å². The second-order valence-corrected chi connectivity index (χ2v) is 9.76. The molecule has 10 heteroatoms. The van der Waals surface area contributed by atoms with E-state index in [0.717, 1.165) is 17.7 Å². The largest absolute Gasteiger partial charge is 0.493 e. The fraction of sp³-hybridized carbons (Fsp3) is 0.381. The van der Waals surface area contributed by atoms with Crippen LogP contribution in [0.5, 0.6) is 5.75 Å². The zero-order chi connectivity index (χ0) is 21.8. The summed E-state index contributed by atoms with van der Waals surface area (Å²) < 4.78 is 65.6. The number of halogens is 2. The van der Waals surface area contributed by atoms with E-state index in [4.69, 9.17) is 9.47 Å². The van der Waals surface area contributed by atoms with Crippen LogP contribution < -0.4 is 9.64 Å². The Bertz CT molecular complexity index is 1160. The third-order valence-electron chi connectivity index (χ3n) is 6.02. The van der Waals surface area contributed by atoms with Crippen molar-refractivity contribution in [1.29, 1.82) is 0 Å². The second-order valence-electron chi connectivity index (χ2n) is 7.82. The number of rotatable bonds is 3. The highest BCUT2D eigenvalue weighted by atomic mass is 32.2. The number of amides is 1. The van der Waals surface area contributed by atoms with Crippen LogP contribution in [0, 0.1) is 11.6 Å². The molecule has 1 saturated heterocycles. The van der Waals surface area contributed by atoms with Crippen LogP contribution >= 0.6 is 0 Å². The summed E-state index contributed by atoms with van der Waals surface area (Å²) in [5.74, 6) is -1.33. The smallest absolute Gasteiger partial charge is 0.414 e. The third-order valence-corrected chi connectivity index (χ3v) is 7.91. The summed E-state index contributed by atoms with van der Waals surface area (Å²) in [5.41, 5.74) is 1.53. The van der Waals surface area contributed by atoms with Gasteiger partial charge < -0.3 is 9.47 Å². The van der Waals surface area contributed by atoms with E-state index < -0.39 is 27.8 Å². The van der Waals surface area contributed by atoms with Gasteiger partial charge in [0.15, 0.2) is 11.6 Å². The maximum absolute atomic E-state index is 13.8. The first-order valence-electron chi connectivity index (χ1n) is 10.0. The van der Waals surface area contributed by atoms with E-state index in [0.29, 0.717) is 37.2 Å². The molecule has 0 unspecified atom stereocenters. The Balaban J connectivity index is 1.35. The predicted molar refractivity (Wildman–Crippen MR) is 106 cm³/mol. The third kappa shape index (κ3) is 3.43. The number of carbonyl (C=O) groups excluding carboxylic acids is 1. The van der Waals surface area contributed by atoms with E-state index in [9.17, 15) is 22.0 Å². The Labute approximate surface area is 178 Å². The molecule has 0 saturated carbocycles. The van der Waals surface area contributed by atoms with Crippen LogP contribution in [-0.4, -0.2) is 44.6 Å². The molecule has 2 aromatic rings. The summed E-state index contributed by atoms with van der Waals surface area (Å²) >= 11 is 0. The van der Waals surface area contributed by atoms with Crippen LogP contribution in [0.3, 0.4) is 0 Å². The second kappa shape index (κ2) is 7.45. The summed E-state index contributed by atoms with van der Waals surface area (Å²) in [5, 5.41) is 0.